The number of benzene rings is 1. The maximum absolute atomic E-state index is 14.9. The molecular formula is C27H32F5N. The van der Waals surface area contributed by atoms with E-state index in [4.69, 9.17) is 0 Å². The van der Waals surface area contributed by atoms with E-state index in [1.54, 1.807) is 32.9 Å². The fraction of sp³-hybridized carbons (Fsp3) is 0.407. The van der Waals surface area contributed by atoms with Gasteiger partial charge in [0, 0.05) is 30.8 Å². The molecule has 0 saturated carbocycles. The first-order valence-corrected chi connectivity index (χ1v) is 11.1. The first kappa shape index (κ1) is 26.6. The number of nitrogens with zero attached hydrogens (tertiary/aromatic N) is 1. The lowest BCUT2D eigenvalue weighted by Crippen LogP contribution is -2.15. The summed E-state index contributed by atoms with van der Waals surface area (Å²) < 4.78 is 69.0. The third kappa shape index (κ3) is 7.18. The van der Waals surface area contributed by atoms with Crippen LogP contribution in [0.15, 0.2) is 82.4 Å². The monoisotopic (exact) mass is 465 g/mol. The van der Waals surface area contributed by atoms with Gasteiger partial charge in [0.15, 0.2) is 0 Å². The van der Waals surface area contributed by atoms with E-state index in [1.807, 2.05) is 13.1 Å². The van der Waals surface area contributed by atoms with Crippen molar-refractivity contribution in [3.05, 3.63) is 93.8 Å². The molecule has 180 valence electrons. The average Bonchev–Trinajstić information content (AvgIpc) is 3.08. The molecule has 1 unspecified atom stereocenters. The lowest BCUT2D eigenvalue weighted by atomic mass is 9.91. The Morgan fingerprint density at radius 3 is 2.30 bits per heavy atom. The van der Waals surface area contributed by atoms with Crippen LogP contribution in [0.25, 0.3) is 0 Å². The Morgan fingerprint density at radius 1 is 1.15 bits per heavy atom. The highest BCUT2D eigenvalue weighted by Crippen LogP contribution is 2.36. The summed E-state index contributed by atoms with van der Waals surface area (Å²) in [5.74, 6) is -0.912. The minimum Gasteiger partial charge on any atom is -0.378 e. The zero-order valence-corrected chi connectivity index (χ0v) is 19.9. The van der Waals surface area contributed by atoms with Crippen LogP contribution in [-0.2, 0) is 6.42 Å². The summed E-state index contributed by atoms with van der Waals surface area (Å²) in [7, 11) is 1.92. The second-order valence-corrected chi connectivity index (χ2v) is 8.48. The van der Waals surface area contributed by atoms with Gasteiger partial charge in [0.1, 0.15) is 11.6 Å². The molecule has 1 nitrogen and oxygen atoms in total. The molecule has 1 aliphatic rings. The molecule has 1 aromatic carbocycles. The maximum Gasteiger partial charge on any atom is 0.416 e. The van der Waals surface area contributed by atoms with Gasteiger partial charge in [0.25, 0.3) is 0 Å². The fourth-order valence-corrected chi connectivity index (χ4v) is 3.98. The predicted octanol–water partition coefficient (Wildman–Crippen LogP) is 8.24. The van der Waals surface area contributed by atoms with Crippen LogP contribution in [0.2, 0.25) is 0 Å². The number of allylic oxidation sites excluding steroid dienone is 10. The Bertz CT molecular complexity index is 971. The van der Waals surface area contributed by atoms with Gasteiger partial charge in [-0.15, -0.1) is 0 Å². The van der Waals surface area contributed by atoms with Crippen LogP contribution in [0.3, 0.4) is 0 Å². The molecule has 0 amide bonds. The topological polar surface area (TPSA) is 3.24 Å². The first-order chi connectivity index (χ1) is 15.5. The Kier molecular flexibility index (Phi) is 9.26. The fourth-order valence-electron chi connectivity index (χ4n) is 3.98. The average molecular weight is 466 g/mol. The Hall–Kier alpha value is -2.63. The summed E-state index contributed by atoms with van der Waals surface area (Å²) in [5, 5.41) is 0. The van der Waals surface area contributed by atoms with Crippen molar-refractivity contribution in [2.45, 2.75) is 53.1 Å². The molecule has 0 bridgehead atoms. The maximum atomic E-state index is 14.9. The summed E-state index contributed by atoms with van der Waals surface area (Å²) in [6.45, 7) is 7.40. The molecule has 0 N–H and O–H groups in total. The van der Waals surface area contributed by atoms with Crippen LogP contribution >= 0.6 is 0 Å². The number of hydrogen-bond acceptors (Lipinski definition) is 1. The molecule has 2 rings (SSSR count). The molecule has 1 fully saturated rings. The van der Waals surface area contributed by atoms with Crippen LogP contribution in [0.4, 0.5) is 22.0 Å². The molecule has 1 saturated heterocycles. The largest absolute Gasteiger partial charge is 0.416 e. The minimum absolute atomic E-state index is 0.0807. The van der Waals surface area contributed by atoms with Crippen LogP contribution in [0, 0.1) is 11.7 Å². The van der Waals surface area contributed by atoms with E-state index in [1.165, 1.54) is 25.1 Å². The molecular weight excluding hydrogens is 433 g/mol. The van der Waals surface area contributed by atoms with Gasteiger partial charge in [-0.2, -0.15) is 13.2 Å². The summed E-state index contributed by atoms with van der Waals surface area (Å²) in [6, 6.07) is 6.31. The third-order valence-electron chi connectivity index (χ3n) is 5.75. The van der Waals surface area contributed by atoms with E-state index < -0.39 is 17.6 Å². The first-order valence-electron chi connectivity index (χ1n) is 11.1. The number of hydrogen-bond donors (Lipinski definition) is 0. The van der Waals surface area contributed by atoms with Crippen LogP contribution in [-0.4, -0.2) is 24.7 Å². The van der Waals surface area contributed by atoms with E-state index in [2.05, 4.69) is 4.90 Å². The smallest absolute Gasteiger partial charge is 0.378 e. The molecule has 1 atom stereocenters. The molecule has 1 aliphatic heterocycles. The van der Waals surface area contributed by atoms with Gasteiger partial charge in [0.2, 0.25) is 0 Å². The zero-order valence-electron chi connectivity index (χ0n) is 19.9. The molecule has 1 heterocycles. The van der Waals surface area contributed by atoms with Gasteiger partial charge in [-0.1, -0.05) is 36.8 Å². The number of alkyl halides is 3. The molecule has 6 heteroatoms. The van der Waals surface area contributed by atoms with Gasteiger partial charge >= 0.3 is 6.18 Å². The lowest BCUT2D eigenvalue weighted by Gasteiger charge is -2.21. The van der Waals surface area contributed by atoms with E-state index in [-0.39, 0.29) is 23.7 Å². The van der Waals surface area contributed by atoms with Crippen molar-refractivity contribution >= 4 is 0 Å². The van der Waals surface area contributed by atoms with Crippen LogP contribution in [0.5, 0.6) is 0 Å². The predicted molar refractivity (Wildman–Crippen MR) is 125 cm³/mol. The second kappa shape index (κ2) is 11.5. The number of rotatable bonds is 7. The number of likely N-dealkylation sites (tertiary alicyclic amines) is 1. The van der Waals surface area contributed by atoms with Crippen molar-refractivity contribution in [3.63, 3.8) is 0 Å². The molecule has 0 spiro atoms. The molecule has 0 aliphatic carbocycles. The Labute approximate surface area is 193 Å². The molecule has 1 aromatic rings. The number of halogens is 5. The second-order valence-electron chi connectivity index (χ2n) is 8.48. The normalized spacial score (nSPS) is 19.5. The highest BCUT2D eigenvalue weighted by Gasteiger charge is 2.33. The van der Waals surface area contributed by atoms with Crippen molar-refractivity contribution in [1.29, 1.82) is 0 Å². The van der Waals surface area contributed by atoms with Gasteiger partial charge in [0.05, 0.1) is 5.57 Å². The minimum atomic E-state index is -4.58. The van der Waals surface area contributed by atoms with E-state index in [9.17, 15) is 22.0 Å². The van der Waals surface area contributed by atoms with Gasteiger partial charge in [-0.3, -0.25) is 0 Å². The summed E-state index contributed by atoms with van der Waals surface area (Å²) in [4.78, 5) is 2.05. The SMILES string of the molecule is C\C=C(F)/C(=C\C(=C\CC)C(F)(F)F)C(/C=C1/C(Cc2ccc(F)cc2)CCN1C)=C(C)C. The zero-order chi connectivity index (χ0) is 24.8. The van der Waals surface area contributed by atoms with Crippen LogP contribution < -0.4 is 0 Å². The highest BCUT2D eigenvalue weighted by molar-refractivity contribution is 5.55. The Morgan fingerprint density at radius 2 is 1.79 bits per heavy atom. The lowest BCUT2D eigenvalue weighted by molar-refractivity contribution is -0.0884. The van der Waals surface area contributed by atoms with E-state index in [0.717, 1.165) is 36.4 Å². The molecule has 0 aromatic heterocycles. The summed E-state index contributed by atoms with van der Waals surface area (Å²) >= 11 is 0. The van der Waals surface area contributed by atoms with Gasteiger partial charge in [-0.25, -0.2) is 8.78 Å². The van der Waals surface area contributed by atoms with E-state index >= 15 is 0 Å². The van der Waals surface area contributed by atoms with Crippen molar-refractivity contribution in [1.82, 2.24) is 4.90 Å². The van der Waals surface area contributed by atoms with Crippen molar-refractivity contribution in [3.8, 4) is 0 Å². The quantitative estimate of drug-likeness (QED) is 0.289. The molecule has 0 radical (unpaired) electrons. The summed E-state index contributed by atoms with van der Waals surface area (Å²) in [6.07, 6.45) is 2.09. The third-order valence-corrected chi connectivity index (χ3v) is 5.75. The van der Waals surface area contributed by atoms with Crippen LogP contribution in [0.1, 0.15) is 46.1 Å². The highest BCUT2D eigenvalue weighted by atomic mass is 19.4. The van der Waals surface area contributed by atoms with Crippen molar-refractivity contribution < 1.29 is 22.0 Å². The molecule has 33 heavy (non-hydrogen) atoms. The standard InChI is InChI=1S/C27H32F5N/c1-6-8-21(27(30,31)32)16-24(25(29)7-2)23(18(3)4)17-26-20(13-14-33(26)5)15-19-9-11-22(28)12-10-19/h7-12,16-17,20H,6,13-15H2,1-5H3/b21-8-,24-16-,25-7+,26-17-. The van der Waals surface area contributed by atoms with Crippen molar-refractivity contribution in [2.24, 2.45) is 5.92 Å². The van der Waals surface area contributed by atoms with Gasteiger partial charge in [-0.05, 0) is 75.5 Å². The van der Waals surface area contributed by atoms with Crippen molar-refractivity contribution in [2.75, 3.05) is 13.6 Å². The van der Waals surface area contributed by atoms with E-state index in [0.29, 0.717) is 17.6 Å². The summed E-state index contributed by atoms with van der Waals surface area (Å²) in [5.41, 5.74) is 2.11. The van der Waals surface area contributed by atoms with Gasteiger partial charge < -0.3 is 4.90 Å². The Balaban J connectivity index is 2.56.